The molecule has 0 spiro atoms. The molecular weight excluding hydrogens is 260 g/mol. The van der Waals surface area contributed by atoms with Crippen molar-refractivity contribution in [3.8, 4) is 5.88 Å². The Hall–Kier alpha value is -0.680. The molecule has 4 nitrogen and oxygen atoms in total. The molecule has 1 aliphatic heterocycles. The van der Waals surface area contributed by atoms with E-state index < -0.39 is 0 Å². The SMILES string of the molecule is COc1nnc(C2CCCOC2)cc1Br. The third-order valence-electron chi connectivity index (χ3n) is 2.51. The average Bonchev–Trinajstić information content (AvgIpc) is 2.30. The van der Waals surface area contributed by atoms with Crippen molar-refractivity contribution < 1.29 is 9.47 Å². The number of methoxy groups -OCH3 is 1. The summed E-state index contributed by atoms with van der Waals surface area (Å²) in [6, 6.07) is 1.96. The molecule has 0 saturated carbocycles. The summed E-state index contributed by atoms with van der Waals surface area (Å²) in [7, 11) is 1.58. The molecule has 1 aliphatic rings. The van der Waals surface area contributed by atoms with Crippen LogP contribution in [-0.2, 0) is 4.74 Å². The van der Waals surface area contributed by atoms with Crippen LogP contribution < -0.4 is 4.74 Å². The molecule has 0 bridgehead atoms. The van der Waals surface area contributed by atoms with Crippen molar-refractivity contribution in [2.45, 2.75) is 18.8 Å². The van der Waals surface area contributed by atoms with Gasteiger partial charge in [0.15, 0.2) is 0 Å². The largest absolute Gasteiger partial charge is 0.479 e. The first kappa shape index (κ1) is 10.8. The van der Waals surface area contributed by atoms with Crippen molar-refractivity contribution >= 4 is 15.9 Å². The smallest absolute Gasteiger partial charge is 0.247 e. The summed E-state index contributed by atoms with van der Waals surface area (Å²) in [5, 5.41) is 8.15. The third-order valence-corrected chi connectivity index (χ3v) is 3.08. The van der Waals surface area contributed by atoms with Gasteiger partial charge in [-0.05, 0) is 34.8 Å². The number of nitrogens with zero attached hydrogens (tertiary/aromatic N) is 2. The number of rotatable bonds is 2. The van der Waals surface area contributed by atoms with E-state index >= 15 is 0 Å². The van der Waals surface area contributed by atoms with Crippen molar-refractivity contribution in [2.24, 2.45) is 0 Å². The second-order valence-corrected chi connectivity index (χ2v) is 4.39. The minimum atomic E-state index is 0.369. The summed E-state index contributed by atoms with van der Waals surface area (Å²) >= 11 is 3.41. The third kappa shape index (κ3) is 2.46. The van der Waals surface area contributed by atoms with Gasteiger partial charge in [-0.2, -0.15) is 5.10 Å². The van der Waals surface area contributed by atoms with Crippen LogP contribution >= 0.6 is 15.9 Å². The number of halogens is 1. The lowest BCUT2D eigenvalue weighted by Crippen LogP contribution is -2.17. The van der Waals surface area contributed by atoms with Crippen molar-refractivity contribution in [2.75, 3.05) is 20.3 Å². The number of hydrogen-bond donors (Lipinski definition) is 0. The van der Waals surface area contributed by atoms with Crippen molar-refractivity contribution in [3.05, 3.63) is 16.2 Å². The van der Waals surface area contributed by atoms with E-state index in [4.69, 9.17) is 9.47 Å². The molecule has 2 rings (SSSR count). The Bertz CT molecular complexity index is 340. The first-order chi connectivity index (χ1) is 7.31. The van der Waals surface area contributed by atoms with E-state index in [0.29, 0.717) is 11.8 Å². The maximum absolute atomic E-state index is 5.42. The van der Waals surface area contributed by atoms with Gasteiger partial charge in [-0.25, -0.2) is 0 Å². The Morgan fingerprint density at radius 3 is 3.00 bits per heavy atom. The zero-order chi connectivity index (χ0) is 10.7. The zero-order valence-electron chi connectivity index (χ0n) is 8.57. The van der Waals surface area contributed by atoms with Gasteiger partial charge in [-0.15, -0.1) is 5.10 Å². The molecule has 0 amide bonds. The maximum atomic E-state index is 5.42. The highest BCUT2D eigenvalue weighted by Gasteiger charge is 2.19. The fourth-order valence-electron chi connectivity index (χ4n) is 1.68. The number of hydrogen-bond acceptors (Lipinski definition) is 4. The summed E-state index contributed by atoms with van der Waals surface area (Å²) in [4.78, 5) is 0. The summed E-state index contributed by atoms with van der Waals surface area (Å²) in [6.07, 6.45) is 2.21. The summed E-state index contributed by atoms with van der Waals surface area (Å²) < 4.78 is 11.3. The van der Waals surface area contributed by atoms with Crippen LogP contribution in [0.4, 0.5) is 0 Å². The Morgan fingerprint density at radius 1 is 1.53 bits per heavy atom. The second kappa shape index (κ2) is 4.90. The molecule has 0 aromatic carbocycles. The topological polar surface area (TPSA) is 44.2 Å². The quantitative estimate of drug-likeness (QED) is 0.828. The van der Waals surface area contributed by atoms with E-state index in [1.165, 1.54) is 0 Å². The summed E-state index contributed by atoms with van der Waals surface area (Å²) in [6.45, 7) is 1.61. The van der Waals surface area contributed by atoms with Gasteiger partial charge < -0.3 is 9.47 Å². The van der Waals surface area contributed by atoms with Crippen LogP contribution in [0.15, 0.2) is 10.5 Å². The molecule has 0 N–H and O–H groups in total. The van der Waals surface area contributed by atoms with Gasteiger partial charge in [-0.3, -0.25) is 0 Å². The lowest BCUT2D eigenvalue weighted by Gasteiger charge is -2.21. The molecule has 1 unspecified atom stereocenters. The van der Waals surface area contributed by atoms with Crippen LogP contribution in [0.2, 0.25) is 0 Å². The molecule has 1 aromatic rings. The lowest BCUT2D eigenvalue weighted by molar-refractivity contribution is 0.0789. The Labute approximate surface area is 97.1 Å². The molecule has 0 radical (unpaired) electrons. The highest BCUT2D eigenvalue weighted by Crippen LogP contribution is 2.28. The van der Waals surface area contributed by atoms with E-state index in [9.17, 15) is 0 Å². The van der Waals surface area contributed by atoms with Crippen LogP contribution in [0.3, 0.4) is 0 Å². The Balaban J connectivity index is 2.17. The van der Waals surface area contributed by atoms with Crippen LogP contribution in [0.5, 0.6) is 5.88 Å². The maximum Gasteiger partial charge on any atom is 0.247 e. The monoisotopic (exact) mass is 272 g/mol. The normalized spacial score (nSPS) is 21.3. The van der Waals surface area contributed by atoms with Crippen LogP contribution in [-0.4, -0.2) is 30.5 Å². The Kier molecular flexibility index (Phi) is 3.53. The molecule has 0 aliphatic carbocycles. The highest BCUT2D eigenvalue weighted by molar-refractivity contribution is 9.10. The van der Waals surface area contributed by atoms with Crippen molar-refractivity contribution in [1.82, 2.24) is 10.2 Å². The van der Waals surface area contributed by atoms with Crippen LogP contribution in [0.1, 0.15) is 24.5 Å². The minimum absolute atomic E-state index is 0.369. The molecule has 5 heteroatoms. The summed E-state index contributed by atoms with van der Waals surface area (Å²) in [5.41, 5.74) is 0.974. The second-order valence-electron chi connectivity index (χ2n) is 3.54. The molecule has 2 heterocycles. The fraction of sp³-hybridized carbons (Fsp3) is 0.600. The Morgan fingerprint density at radius 2 is 2.40 bits per heavy atom. The molecule has 1 fully saturated rings. The van der Waals surface area contributed by atoms with Gasteiger partial charge in [-0.1, -0.05) is 0 Å². The van der Waals surface area contributed by atoms with Gasteiger partial charge in [0.25, 0.3) is 0 Å². The first-order valence-corrected chi connectivity index (χ1v) is 5.75. The van der Waals surface area contributed by atoms with E-state index in [0.717, 1.165) is 36.2 Å². The predicted octanol–water partition coefficient (Wildman–Crippen LogP) is 2.14. The van der Waals surface area contributed by atoms with Crippen molar-refractivity contribution in [1.29, 1.82) is 0 Å². The highest BCUT2D eigenvalue weighted by atomic mass is 79.9. The van der Waals surface area contributed by atoms with E-state index in [-0.39, 0.29) is 0 Å². The standard InChI is InChI=1S/C10H13BrN2O2/c1-14-10-8(11)5-9(12-13-10)7-3-2-4-15-6-7/h5,7H,2-4,6H2,1H3. The molecular formula is C10H13BrN2O2. The van der Waals surface area contributed by atoms with Crippen molar-refractivity contribution in [3.63, 3.8) is 0 Å². The van der Waals surface area contributed by atoms with Crippen LogP contribution in [0, 0.1) is 0 Å². The first-order valence-electron chi connectivity index (χ1n) is 4.96. The van der Waals surface area contributed by atoms with Gasteiger partial charge in [0, 0.05) is 12.5 Å². The van der Waals surface area contributed by atoms with E-state index in [1.807, 2.05) is 6.07 Å². The van der Waals surface area contributed by atoms with E-state index in [2.05, 4.69) is 26.1 Å². The van der Waals surface area contributed by atoms with Crippen LogP contribution in [0.25, 0.3) is 0 Å². The molecule has 1 aromatic heterocycles. The average molecular weight is 273 g/mol. The minimum Gasteiger partial charge on any atom is -0.479 e. The molecule has 1 atom stereocenters. The molecule has 1 saturated heterocycles. The number of ether oxygens (including phenoxy) is 2. The molecule has 15 heavy (non-hydrogen) atoms. The van der Waals surface area contributed by atoms with Gasteiger partial charge >= 0.3 is 0 Å². The van der Waals surface area contributed by atoms with Gasteiger partial charge in [0.1, 0.15) is 0 Å². The lowest BCUT2D eigenvalue weighted by atomic mass is 9.98. The van der Waals surface area contributed by atoms with E-state index in [1.54, 1.807) is 7.11 Å². The van der Waals surface area contributed by atoms with Gasteiger partial charge in [0.05, 0.1) is 23.9 Å². The zero-order valence-corrected chi connectivity index (χ0v) is 10.2. The predicted molar refractivity (Wildman–Crippen MR) is 59.1 cm³/mol. The van der Waals surface area contributed by atoms with Gasteiger partial charge in [0.2, 0.25) is 5.88 Å². The molecule has 82 valence electrons. The summed E-state index contributed by atoms with van der Waals surface area (Å²) in [5.74, 6) is 0.893. The number of aromatic nitrogens is 2. The fourth-order valence-corrected chi connectivity index (χ4v) is 2.16.